The number of hydrogen-bond donors (Lipinski definition) is 0. The number of fused-ring (bicyclic) bond motifs is 1. The van der Waals surface area contributed by atoms with Crippen molar-refractivity contribution in [3.8, 4) is 11.5 Å². The summed E-state index contributed by atoms with van der Waals surface area (Å²) in [7, 11) is 1.32. The Bertz CT molecular complexity index is 849. The van der Waals surface area contributed by atoms with E-state index < -0.39 is 11.9 Å². The molecule has 1 heterocycles. The summed E-state index contributed by atoms with van der Waals surface area (Å²) in [6, 6.07) is 10.0. The Balaban J connectivity index is 1.85. The van der Waals surface area contributed by atoms with Gasteiger partial charge in [-0.25, -0.2) is 9.59 Å². The lowest BCUT2D eigenvalue weighted by Gasteiger charge is -2.33. The molecule has 0 bridgehead atoms. The highest BCUT2D eigenvalue weighted by atomic mass is 16.5. The van der Waals surface area contributed by atoms with Crippen molar-refractivity contribution in [2.24, 2.45) is 0 Å². The molecule has 0 aromatic heterocycles. The molecule has 0 unspecified atom stereocenters. The van der Waals surface area contributed by atoms with Crippen molar-refractivity contribution in [1.29, 1.82) is 0 Å². The monoisotopic (exact) mass is 354 g/mol. The number of rotatable bonds is 3. The second-order valence-corrected chi connectivity index (χ2v) is 7.05. The van der Waals surface area contributed by atoms with Crippen molar-refractivity contribution in [2.45, 2.75) is 32.6 Å². The smallest absolute Gasteiger partial charge is 0.343 e. The van der Waals surface area contributed by atoms with Crippen molar-refractivity contribution < 1.29 is 23.8 Å². The van der Waals surface area contributed by atoms with E-state index in [9.17, 15) is 9.59 Å². The fraction of sp³-hybridized carbons (Fsp3) is 0.333. The van der Waals surface area contributed by atoms with Crippen LogP contribution in [0.15, 0.2) is 36.4 Å². The molecule has 136 valence electrons. The highest BCUT2D eigenvalue weighted by Gasteiger charge is 2.30. The average molecular weight is 354 g/mol. The van der Waals surface area contributed by atoms with Crippen LogP contribution in [0.3, 0.4) is 0 Å². The van der Waals surface area contributed by atoms with Gasteiger partial charge in [0.15, 0.2) is 0 Å². The number of carbonyl (C=O) groups excluding carboxylic acids is 2. The van der Waals surface area contributed by atoms with Crippen LogP contribution in [-0.4, -0.2) is 25.7 Å². The number of benzene rings is 2. The third-order valence-corrected chi connectivity index (χ3v) is 4.75. The highest BCUT2D eigenvalue weighted by Crippen LogP contribution is 2.39. The van der Waals surface area contributed by atoms with Crippen LogP contribution >= 0.6 is 0 Å². The Kier molecular flexibility index (Phi) is 4.72. The van der Waals surface area contributed by atoms with Gasteiger partial charge in [0, 0.05) is 5.56 Å². The molecule has 0 aliphatic carbocycles. The normalized spacial score (nSPS) is 14.8. The van der Waals surface area contributed by atoms with Gasteiger partial charge in [-0.05, 0) is 60.7 Å². The maximum absolute atomic E-state index is 12.7. The van der Waals surface area contributed by atoms with Crippen LogP contribution in [-0.2, 0) is 10.2 Å². The van der Waals surface area contributed by atoms with Crippen LogP contribution < -0.4 is 9.47 Å². The summed E-state index contributed by atoms with van der Waals surface area (Å²) >= 11 is 0. The number of ether oxygens (including phenoxy) is 3. The van der Waals surface area contributed by atoms with Gasteiger partial charge in [0.05, 0.1) is 24.8 Å². The molecule has 5 nitrogen and oxygen atoms in total. The fourth-order valence-electron chi connectivity index (χ4n) is 3.04. The van der Waals surface area contributed by atoms with Crippen LogP contribution in [0.25, 0.3) is 0 Å². The number of hydrogen-bond acceptors (Lipinski definition) is 5. The number of methoxy groups -OCH3 is 1. The highest BCUT2D eigenvalue weighted by molar-refractivity contribution is 5.93. The quantitative estimate of drug-likeness (QED) is 0.614. The van der Waals surface area contributed by atoms with Crippen molar-refractivity contribution in [1.82, 2.24) is 0 Å². The Labute approximate surface area is 152 Å². The first-order valence-electron chi connectivity index (χ1n) is 8.50. The maximum atomic E-state index is 12.7. The van der Waals surface area contributed by atoms with Gasteiger partial charge in [-0.2, -0.15) is 0 Å². The summed E-state index contributed by atoms with van der Waals surface area (Å²) in [5.74, 6) is 0.334. The zero-order valence-corrected chi connectivity index (χ0v) is 15.4. The summed E-state index contributed by atoms with van der Waals surface area (Å²) in [4.78, 5) is 24.1. The third-order valence-electron chi connectivity index (χ3n) is 4.75. The van der Waals surface area contributed by atoms with Gasteiger partial charge in [0.25, 0.3) is 0 Å². The van der Waals surface area contributed by atoms with Crippen molar-refractivity contribution in [2.75, 3.05) is 13.7 Å². The van der Waals surface area contributed by atoms with Crippen molar-refractivity contribution in [3.63, 3.8) is 0 Å². The minimum absolute atomic E-state index is 0.0571. The Morgan fingerprint density at radius 1 is 1.08 bits per heavy atom. The lowest BCUT2D eigenvalue weighted by atomic mass is 9.78. The van der Waals surface area contributed by atoms with Crippen LogP contribution in [0.4, 0.5) is 0 Å². The van der Waals surface area contributed by atoms with E-state index in [1.807, 2.05) is 19.1 Å². The molecule has 0 amide bonds. The molecule has 5 heteroatoms. The van der Waals surface area contributed by atoms with Gasteiger partial charge < -0.3 is 14.2 Å². The zero-order chi connectivity index (χ0) is 18.9. The third kappa shape index (κ3) is 3.43. The minimum atomic E-state index is -0.435. The number of carbonyl (C=O) groups is 2. The van der Waals surface area contributed by atoms with Gasteiger partial charge in [-0.1, -0.05) is 13.8 Å². The lowest BCUT2D eigenvalue weighted by molar-refractivity contribution is 0.0600. The van der Waals surface area contributed by atoms with E-state index in [0.717, 1.165) is 23.3 Å². The Hall–Kier alpha value is -2.82. The molecule has 1 aliphatic heterocycles. The zero-order valence-electron chi connectivity index (χ0n) is 15.4. The standard InChI is InChI=1S/C21H22O5/c1-13-11-18-17(21(2,3)9-10-25-18)12-16(13)20(23)26-15-7-5-14(6-8-15)19(22)24-4/h5-8,11-12H,9-10H2,1-4H3. The predicted molar refractivity (Wildman–Crippen MR) is 97.1 cm³/mol. The fourth-order valence-corrected chi connectivity index (χ4v) is 3.04. The summed E-state index contributed by atoms with van der Waals surface area (Å²) in [5, 5.41) is 0. The first kappa shape index (κ1) is 18.0. The van der Waals surface area contributed by atoms with E-state index in [4.69, 9.17) is 9.47 Å². The Morgan fingerprint density at radius 3 is 2.42 bits per heavy atom. The SMILES string of the molecule is COC(=O)c1ccc(OC(=O)c2cc3c(cc2C)OCCC3(C)C)cc1. The molecule has 1 aliphatic rings. The molecular formula is C21H22O5. The first-order valence-corrected chi connectivity index (χ1v) is 8.50. The second kappa shape index (κ2) is 6.83. The summed E-state index contributed by atoms with van der Waals surface area (Å²) in [6.45, 7) is 6.83. The molecule has 0 fully saturated rings. The van der Waals surface area contributed by atoms with Gasteiger partial charge in [-0.3, -0.25) is 0 Å². The van der Waals surface area contributed by atoms with Gasteiger partial charge >= 0.3 is 11.9 Å². The minimum Gasteiger partial charge on any atom is -0.493 e. The van der Waals surface area contributed by atoms with Gasteiger partial charge in [0.1, 0.15) is 11.5 Å². The van der Waals surface area contributed by atoms with Gasteiger partial charge in [0.2, 0.25) is 0 Å². The predicted octanol–water partition coefficient (Wildman–Crippen LogP) is 4.06. The topological polar surface area (TPSA) is 61.8 Å². The molecule has 26 heavy (non-hydrogen) atoms. The molecule has 2 aromatic rings. The van der Waals surface area contributed by atoms with E-state index in [1.165, 1.54) is 7.11 Å². The molecule has 0 N–H and O–H groups in total. The first-order chi connectivity index (χ1) is 12.3. The molecule has 0 radical (unpaired) electrons. The maximum Gasteiger partial charge on any atom is 0.343 e. The van der Waals surface area contributed by atoms with E-state index in [1.54, 1.807) is 24.3 Å². The van der Waals surface area contributed by atoms with E-state index in [0.29, 0.717) is 23.5 Å². The van der Waals surface area contributed by atoms with Crippen molar-refractivity contribution in [3.05, 3.63) is 58.7 Å². The molecule has 0 saturated carbocycles. The summed E-state index contributed by atoms with van der Waals surface area (Å²) in [6.07, 6.45) is 0.895. The van der Waals surface area contributed by atoms with E-state index >= 15 is 0 Å². The largest absolute Gasteiger partial charge is 0.493 e. The van der Waals surface area contributed by atoms with Gasteiger partial charge in [-0.15, -0.1) is 0 Å². The van der Waals surface area contributed by atoms with Crippen LogP contribution in [0, 0.1) is 6.92 Å². The molecule has 0 atom stereocenters. The molecule has 0 spiro atoms. The van der Waals surface area contributed by atoms with Crippen LogP contribution in [0.1, 0.15) is 52.1 Å². The number of aryl methyl sites for hydroxylation is 1. The summed E-state index contributed by atoms with van der Waals surface area (Å²) < 4.78 is 15.9. The second-order valence-electron chi connectivity index (χ2n) is 7.05. The van der Waals surface area contributed by atoms with Crippen LogP contribution in [0.2, 0.25) is 0 Å². The lowest BCUT2D eigenvalue weighted by Crippen LogP contribution is -2.27. The molecule has 2 aromatic carbocycles. The average Bonchev–Trinajstić information content (AvgIpc) is 2.60. The summed E-state index contributed by atoms with van der Waals surface area (Å²) in [5.41, 5.74) is 2.67. The van der Waals surface area contributed by atoms with Crippen LogP contribution in [0.5, 0.6) is 11.5 Å². The van der Waals surface area contributed by atoms with E-state index in [-0.39, 0.29) is 5.41 Å². The molecular weight excluding hydrogens is 332 g/mol. The van der Waals surface area contributed by atoms with E-state index in [2.05, 4.69) is 18.6 Å². The molecule has 3 rings (SSSR count). The Morgan fingerprint density at radius 2 is 1.77 bits per heavy atom. The molecule has 0 saturated heterocycles. The number of esters is 2. The van der Waals surface area contributed by atoms with Crippen molar-refractivity contribution >= 4 is 11.9 Å².